The summed E-state index contributed by atoms with van der Waals surface area (Å²) in [6.45, 7) is 5.92. The Kier molecular flexibility index (Phi) is 3.25. The Morgan fingerprint density at radius 1 is 1.05 bits per heavy atom. The van der Waals surface area contributed by atoms with Crippen molar-refractivity contribution in [2.75, 3.05) is 18.0 Å². The fourth-order valence-corrected chi connectivity index (χ4v) is 3.63. The molecule has 0 atom stereocenters. The maximum atomic E-state index is 4.55. The SMILES string of the molecule is Cc1ccc2nnc(C3CCN(c4nnc(C)s4)CC3)n2n1. The smallest absolute Gasteiger partial charge is 0.208 e. The van der Waals surface area contributed by atoms with Crippen LogP contribution < -0.4 is 4.90 Å². The van der Waals surface area contributed by atoms with E-state index in [1.54, 1.807) is 11.3 Å². The highest BCUT2D eigenvalue weighted by Crippen LogP contribution is 2.30. The van der Waals surface area contributed by atoms with Crippen molar-refractivity contribution in [2.24, 2.45) is 0 Å². The minimum atomic E-state index is 0.398. The second-order valence-electron chi connectivity index (χ2n) is 5.67. The van der Waals surface area contributed by atoms with Crippen LogP contribution in [-0.2, 0) is 0 Å². The summed E-state index contributed by atoms with van der Waals surface area (Å²) in [4.78, 5) is 2.31. The van der Waals surface area contributed by atoms with E-state index < -0.39 is 0 Å². The number of hydrogen-bond donors (Lipinski definition) is 0. The molecule has 114 valence electrons. The van der Waals surface area contributed by atoms with E-state index in [0.717, 1.165) is 53.2 Å². The fourth-order valence-electron chi connectivity index (χ4n) is 2.89. The molecule has 0 saturated carbocycles. The van der Waals surface area contributed by atoms with Gasteiger partial charge in [0.05, 0.1) is 5.69 Å². The van der Waals surface area contributed by atoms with Crippen LogP contribution in [0.5, 0.6) is 0 Å². The second kappa shape index (κ2) is 5.28. The fraction of sp³-hybridized carbons (Fsp3) is 0.500. The van der Waals surface area contributed by atoms with Gasteiger partial charge >= 0.3 is 0 Å². The van der Waals surface area contributed by atoms with Gasteiger partial charge in [-0.2, -0.15) is 9.61 Å². The van der Waals surface area contributed by atoms with Gasteiger partial charge < -0.3 is 4.90 Å². The first-order valence-electron chi connectivity index (χ1n) is 7.45. The van der Waals surface area contributed by atoms with Crippen molar-refractivity contribution in [3.63, 3.8) is 0 Å². The molecule has 0 aromatic carbocycles. The normalized spacial score (nSPS) is 16.5. The molecule has 0 unspecified atom stereocenters. The molecule has 1 saturated heterocycles. The first kappa shape index (κ1) is 13.6. The molecule has 1 aliphatic heterocycles. The molecule has 3 aromatic heterocycles. The van der Waals surface area contributed by atoms with Gasteiger partial charge in [-0.05, 0) is 38.8 Å². The summed E-state index contributed by atoms with van der Waals surface area (Å²) in [5.74, 6) is 1.38. The van der Waals surface area contributed by atoms with Crippen LogP contribution in [0, 0.1) is 13.8 Å². The van der Waals surface area contributed by atoms with E-state index in [1.807, 2.05) is 30.5 Å². The average Bonchev–Trinajstić information content (AvgIpc) is 3.13. The van der Waals surface area contributed by atoms with Crippen LogP contribution in [0.25, 0.3) is 5.65 Å². The van der Waals surface area contributed by atoms with Gasteiger partial charge in [0.1, 0.15) is 5.01 Å². The molecular formula is C14H17N7S. The molecule has 0 spiro atoms. The minimum absolute atomic E-state index is 0.398. The van der Waals surface area contributed by atoms with E-state index in [1.165, 1.54) is 0 Å². The molecule has 4 heterocycles. The average molecular weight is 315 g/mol. The third kappa shape index (κ3) is 2.33. The number of piperidine rings is 1. The third-order valence-electron chi connectivity index (χ3n) is 4.07. The molecule has 1 fully saturated rings. The maximum absolute atomic E-state index is 4.55. The predicted octanol–water partition coefficient (Wildman–Crippen LogP) is 1.98. The quantitative estimate of drug-likeness (QED) is 0.720. The number of anilines is 1. The Balaban J connectivity index is 1.54. The van der Waals surface area contributed by atoms with Crippen LogP contribution in [0.2, 0.25) is 0 Å². The van der Waals surface area contributed by atoms with Crippen LogP contribution in [0.15, 0.2) is 12.1 Å². The molecular weight excluding hydrogens is 298 g/mol. The lowest BCUT2D eigenvalue weighted by Gasteiger charge is -2.30. The Morgan fingerprint density at radius 2 is 1.86 bits per heavy atom. The van der Waals surface area contributed by atoms with Crippen LogP contribution in [0.3, 0.4) is 0 Å². The van der Waals surface area contributed by atoms with Crippen LogP contribution in [0.1, 0.15) is 35.3 Å². The Labute approximate surface area is 132 Å². The van der Waals surface area contributed by atoms with Gasteiger partial charge in [0, 0.05) is 19.0 Å². The molecule has 7 nitrogen and oxygen atoms in total. The molecule has 0 N–H and O–H groups in total. The summed E-state index contributed by atoms with van der Waals surface area (Å²) in [6, 6.07) is 3.94. The number of fused-ring (bicyclic) bond motifs is 1. The van der Waals surface area contributed by atoms with Gasteiger partial charge in [0.2, 0.25) is 5.13 Å². The number of rotatable bonds is 2. The topological polar surface area (TPSA) is 72.1 Å². The van der Waals surface area contributed by atoms with E-state index in [0.29, 0.717) is 5.92 Å². The lowest BCUT2D eigenvalue weighted by Crippen LogP contribution is -2.33. The highest BCUT2D eigenvalue weighted by molar-refractivity contribution is 7.15. The molecule has 0 amide bonds. The zero-order chi connectivity index (χ0) is 15.1. The summed E-state index contributed by atoms with van der Waals surface area (Å²) in [7, 11) is 0. The first-order valence-corrected chi connectivity index (χ1v) is 8.26. The number of nitrogens with zero attached hydrogens (tertiary/aromatic N) is 7. The standard InChI is InChI=1S/C14H17N7S/c1-9-3-4-12-16-17-13(21(12)19-9)11-5-7-20(8-6-11)14-18-15-10(2)22-14/h3-4,11H,5-8H2,1-2H3. The van der Waals surface area contributed by atoms with Crippen molar-refractivity contribution in [1.29, 1.82) is 0 Å². The van der Waals surface area contributed by atoms with Crippen molar-refractivity contribution in [3.8, 4) is 0 Å². The Hall–Kier alpha value is -2.09. The van der Waals surface area contributed by atoms with Crippen LogP contribution in [-0.4, -0.2) is 43.1 Å². The minimum Gasteiger partial charge on any atom is -0.347 e. The van der Waals surface area contributed by atoms with E-state index in [9.17, 15) is 0 Å². The van der Waals surface area contributed by atoms with Gasteiger partial charge in [0.15, 0.2) is 11.5 Å². The highest BCUT2D eigenvalue weighted by atomic mass is 32.1. The van der Waals surface area contributed by atoms with Crippen molar-refractivity contribution < 1.29 is 0 Å². The van der Waals surface area contributed by atoms with Crippen molar-refractivity contribution >= 4 is 22.1 Å². The van der Waals surface area contributed by atoms with Crippen LogP contribution in [0.4, 0.5) is 5.13 Å². The van der Waals surface area contributed by atoms with Crippen LogP contribution >= 0.6 is 11.3 Å². The highest BCUT2D eigenvalue weighted by Gasteiger charge is 2.26. The van der Waals surface area contributed by atoms with Gasteiger partial charge in [-0.1, -0.05) is 11.3 Å². The Bertz CT molecular complexity index is 800. The molecule has 0 bridgehead atoms. The summed E-state index contributed by atoms with van der Waals surface area (Å²) in [5, 5.41) is 23.5. The third-order valence-corrected chi connectivity index (χ3v) is 4.97. The molecule has 1 aliphatic rings. The van der Waals surface area contributed by atoms with E-state index in [-0.39, 0.29) is 0 Å². The van der Waals surface area contributed by atoms with Gasteiger partial charge in [-0.25, -0.2) is 0 Å². The second-order valence-corrected chi connectivity index (χ2v) is 6.83. The molecule has 22 heavy (non-hydrogen) atoms. The molecule has 4 rings (SSSR count). The van der Waals surface area contributed by atoms with Crippen molar-refractivity contribution in [2.45, 2.75) is 32.6 Å². The largest absolute Gasteiger partial charge is 0.347 e. The lowest BCUT2D eigenvalue weighted by atomic mass is 9.96. The Morgan fingerprint density at radius 3 is 2.59 bits per heavy atom. The first-order chi connectivity index (χ1) is 10.7. The van der Waals surface area contributed by atoms with Gasteiger partial charge in [-0.3, -0.25) is 0 Å². The van der Waals surface area contributed by atoms with E-state index in [4.69, 9.17) is 0 Å². The molecule has 8 heteroatoms. The van der Waals surface area contributed by atoms with Crippen molar-refractivity contribution in [3.05, 3.63) is 28.7 Å². The molecule has 0 aliphatic carbocycles. The zero-order valence-electron chi connectivity index (χ0n) is 12.6. The van der Waals surface area contributed by atoms with Gasteiger partial charge in [-0.15, -0.1) is 20.4 Å². The predicted molar refractivity (Wildman–Crippen MR) is 84.4 cm³/mol. The molecule has 3 aromatic rings. The molecule has 0 radical (unpaired) electrons. The zero-order valence-corrected chi connectivity index (χ0v) is 13.4. The van der Waals surface area contributed by atoms with E-state index in [2.05, 4.69) is 30.4 Å². The number of hydrogen-bond acceptors (Lipinski definition) is 7. The van der Waals surface area contributed by atoms with Gasteiger partial charge in [0.25, 0.3) is 0 Å². The summed E-state index contributed by atoms with van der Waals surface area (Å²) in [5.41, 5.74) is 1.80. The van der Waals surface area contributed by atoms with E-state index >= 15 is 0 Å². The van der Waals surface area contributed by atoms with Crippen molar-refractivity contribution in [1.82, 2.24) is 30.0 Å². The maximum Gasteiger partial charge on any atom is 0.208 e. The lowest BCUT2D eigenvalue weighted by molar-refractivity contribution is 0.476. The summed E-state index contributed by atoms with van der Waals surface area (Å²) in [6.07, 6.45) is 2.07. The summed E-state index contributed by atoms with van der Waals surface area (Å²) < 4.78 is 1.89. The number of aromatic nitrogens is 6. The summed E-state index contributed by atoms with van der Waals surface area (Å²) >= 11 is 1.66. The monoisotopic (exact) mass is 315 g/mol. The number of aryl methyl sites for hydroxylation is 2.